The number of hydrogen-bond donors (Lipinski definition) is 1. The van der Waals surface area contributed by atoms with E-state index >= 15 is 0 Å². The SMILES string of the molecule is CN(C1CCCNC1)S(=O)(=O)C1CCCCC1. The molecule has 1 aliphatic carbocycles. The maximum atomic E-state index is 12.5. The summed E-state index contributed by atoms with van der Waals surface area (Å²) in [4.78, 5) is 0. The van der Waals surface area contributed by atoms with Crippen LogP contribution in [0.3, 0.4) is 0 Å². The monoisotopic (exact) mass is 260 g/mol. The third-order valence-electron chi connectivity index (χ3n) is 4.16. The van der Waals surface area contributed by atoms with Gasteiger partial charge in [-0.15, -0.1) is 0 Å². The van der Waals surface area contributed by atoms with Crippen LogP contribution >= 0.6 is 0 Å². The van der Waals surface area contributed by atoms with Gasteiger partial charge in [0.25, 0.3) is 0 Å². The molecular formula is C12H24N2O2S. The van der Waals surface area contributed by atoms with Gasteiger partial charge in [-0.05, 0) is 32.2 Å². The van der Waals surface area contributed by atoms with Crippen molar-refractivity contribution in [2.75, 3.05) is 20.1 Å². The number of likely N-dealkylation sites (N-methyl/N-ethyl adjacent to an activating group) is 1. The van der Waals surface area contributed by atoms with Crippen LogP contribution in [0.1, 0.15) is 44.9 Å². The first-order valence-electron chi connectivity index (χ1n) is 6.80. The molecule has 0 radical (unpaired) electrons. The molecule has 1 aliphatic heterocycles. The van der Waals surface area contributed by atoms with Gasteiger partial charge >= 0.3 is 0 Å². The Bertz CT molecular complexity index is 330. The van der Waals surface area contributed by atoms with E-state index < -0.39 is 10.0 Å². The lowest BCUT2D eigenvalue weighted by Gasteiger charge is -2.34. The lowest BCUT2D eigenvalue weighted by atomic mass is 10.0. The highest BCUT2D eigenvalue weighted by molar-refractivity contribution is 7.89. The molecule has 1 saturated carbocycles. The van der Waals surface area contributed by atoms with Crippen LogP contribution < -0.4 is 5.32 Å². The van der Waals surface area contributed by atoms with Gasteiger partial charge in [0.05, 0.1) is 5.25 Å². The maximum Gasteiger partial charge on any atom is 0.217 e. The van der Waals surface area contributed by atoms with Gasteiger partial charge < -0.3 is 5.32 Å². The Morgan fingerprint density at radius 3 is 2.35 bits per heavy atom. The molecule has 0 amide bonds. The molecule has 100 valence electrons. The Kier molecular flexibility index (Phi) is 4.44. The van der Waals surface area contributed by atoms with E-state index in [9.17, 15) is 8.42 Å². The summed E-state index contributed by atoms with van der Waals surface area (Å²) in [5.41, 5.74) is 0. The molecule has 1 unspecified atom stereocenters. The molecule has 1 atom stereocenters. The quantitative estimate of drug-likeness (QED) is 0.833. The van der Waals surface area contributed by atoms with E-state index in [1.54, 1.807) is 11.4 Å². The Balaban J connectivity index is 2.02. The van der Waals surface area contributed by atoms with Gasteiger partial charge in [0, 0.05) is 19.6 Å². The van der Waals surface area contributed by atoms with Crippen LogP contribution in [0.2, 0.25) is 0 Å². The minimum atomic E-state index is -3.07. The normalized spacial score (nSPS) is 28.5. The van der Waals surface area contributed by atoms with Crippen molar-refractivity contribution < 1.29 is 8.42 Å². The van der Waals surface area contributed by atoms with Crippen molar-refractivity contribution in [1.82, 2.24) is 9.62 Å². The molecule has 2 fully saturated rings. The largest absolute Gasteiger partial charge is 0.315 e. The second kappa shape index (κ2) is 5.67. The summed E-state index contributed by atoms with van der Waals surface area (Å²) in [6.45, 7) is 1.83. The molecule has 4 nitrogen and oxygen atoms in total. The average Bonchev–Trinajstić information content (AvgIpc) is 2.40. The van der Waals surface area contributed by atoms with E-state index in [1.807, 2.05) is 0 Å². The van der Waals surface area contributed by atoms with Crippen LogP contribution in [0.5, 0.6) is 0 Å². The van der Waals surface area contributed by atoms with Gasteiger partial charge in [-0.2, -0.15) is 0 Å². The smallest absolute Gasteiger partial charge is 0.217 e. The molecule has 5 heteroatoms. The number of nitrogens with zero attached hydrogens (tertiary/aromatic N) is 1. The van der Waals surface area contributed by atoms with Gasteiger partial charge in [0.15, 0.2) is 0 Å². The highest BCUT2D eigenvalue weighted by Crippen LogP contribution is 2.27. The molecular weight excluding hydrogens is 236 g/mol. The minimum absolute atomic E-state index is 0.122. The third-order valence-corrected chi connectivity index (χ3v) is 6.57. The molecule has 2 aliphatic rings. The van der Waals surface area contributed by atoms with Crippen LogP contribution in [-0.4, -0.2) is 44.2 Å². The highest BCUT2D eigenvalue weighted by Gasteiger charge is 2.34. The maximum absolute atomic E-state index is 12.5. The van der Waals surface area contributed by atoms with E-state index in [1.165, 1.54) is 6.42 Å². The molecule has 2 rings (SSSR count). The summed E-state index contributed by atoms with van der Waals surface area (Å²) in [6.07, 6.45) is 7.12. The number of piperidine rings is 1. The number of sulfonamides is 1. The zero-order valence-electron chi connectivity index (χ0n) is 10.7. The Morgan fingerprint density at radius 2 is 1.76 bits per heavy atom. The van der Waals surface area contributed by atoms with Gasteiger partial charge in [0.2, 0.25) is 10.0 Å². The Hall–Kier alpha value is -0.130. The first-order valence-corrected chi connectivity index (χ1v) is 8.30. The van der Waals surface area contributed by atoms with Crippen LogP contribution in [0.15, 0.2) is 0 Å². The lowest BCUT2D eigenvalue weighted by molar-refractivity contribution is 0.293. The van der Waals surface area contributed by atoms with Gasteiger partial charge in [0.1, 0.15) is 0 Å². The number of nitrogens with one attached hydrogen (secondary N) is 1. The topological polar surface area (TPSA) is 49.4 Å². The van der Waals surface area contributed by atoms with Crippen LogP contribution in [0, 0.1) is 0 Å². The Morgan fingerprint density at radius 1 is 1.06 bits per heavy atom. The molecule has 0 aromatic heterocycles. The molecule has 17 heavy (non-hydrogen) atoms. The predicted molar refractivity (Wildman–Crippen MR) is 69.4 cm³/mol. The van der Waals surface area contributed by atoms with Crippen molar-refractivity contribution >= 4 is 10.0 Å². The van der Waals surface area contributed by atoms with E-state index in [0.29, 0.717) is 0 Å². The van der Waals surface area contributed by atoms with Crippen LogP contribution in [-0.2, 0) is 10.0 Å². The van der Waals surface area contributed by atoms with Gasteiger partial charge in [-0.25, -0.2) is 12.7 Å². The van der Waals surface area contributed by atoms with E-state index in [2.05, 4.69) is 5.32 Å². The fourth-order valence-corrected chi connectivity index (χ4v) is 4.94. The van der Waals surface area contributed by atoms with Crippen LogP contribution in [0.25, 0.3) is 0 Å². The zero-order chi connectivity index (χ0) is 12.3. The third kappa shape index (κ3) is 3.01. The highest BCUT2D eigenvalue weighted by atomic mass is 32.2. The lowest BCUT2D eigenvalue weighted by Crippen LogP contribution is -2.49. The standard InChI is InChI=1S/C12H24N2O2S/c1-14(11-6-5-9-13-10-11)17(15,16)12-7-3-2-4-8-12/h11-13H,2-10H2,1H3. The number of rotatable bonds is 3. The second-order valence-corrected chi connectivity index (χ2v) is 7.59. The molecule has 0 bridgehead atoms. The fraction of sp³-hybridized carbons (Fsp3) is 1.00. The van der Waals surface area contributed by atoms with Crippen molar-refractivity contribution in [1.29, 1.82) is 0 Å². The van der Waals surface area contributed by atoms with Crippen molar-refractivity contribution in [3.05, 3.63) is 0 Å². The minimum Gasteiger partial charge on any atom is -0.315 e. The molecule has 0 spiro atoms. The summed E-state index contributed by atoms with van der Waals surface area (Å²) in [7, 11) is -1.30. The van der Waals surface area contributed by atoms with Gasteiger partial charge in [-0.3, -0.25) is 0 Å². The molecule has 1 N–H and O–H groups in total. The summed E-state index contributed by atoms with van der Waals surface area (Å²) in [5, 5.41) is 3.16. The molecule has 0 aromatic rings. The fourth-order valence-electron chi connectivity index (χ4n) is 2.95. The number of hydrogen-bond acceptors (Lipinski definition) is 3. The second-order valence-electron chi connectivity index (χ2n) is 5.32. The zero-order valence-corrected chi connectivity index (χ0v) is 11.5. The van der Waals surface area contributed by atoms with Gasteiger partial charge in [-0.1, -0.05) is 19.3 Å². The molecule has 1 heterocycles. The van der Waals surface area contributed by atoms with Crippen molar-refractivity contribution in [2.24, 2.45) is 0 Å². The van der Waals surface area contributed by atoms with Crippen molar-refractivity contribution in [3.63, 3.8) is 0 Å². The summed E-state index contributed by atoms with van der Waals surface area (Å²) in [5.74, 6) is 0. The van der Waals surface area contributed by atoms with E-state index in [4.69, 9.17) is 0 Å². The summed E-state index contributed by atoms with van der Waals surface area (Å²) < 4.78 is 26.6. The molecule has 1 saturated heterocycles. The summed E-state index contributed by atoms with van der Waals surface area (Å²) >= 11 is 0. The first-order chi connectivity index (χ1) is 8.12. The van der Waals surface area contributed by atoms with E-state index in [-0.39, 0.29) is 11.3 Å². The van der Waals surface area contributed by atoms with Crippen molar-refractivity contribution in [2.45, 2.75) is 56.2 Å². The Labute approximate surface area is 105 Å². The predicted octanol–water partition coefficient (Wildman–Crippen LogP) is 1.33. The van der Waals surface area contributed by atoms with Crippen LogP contribution in [0.4, 0.5) is 0 Å². The average molecular weight is 260 g/mol. The van der Waals surface area contributed by atoms with Crippen molar-refractivity contribution in [3.8, 4) is 0 Å². The molecule has 0 aromatic carbocycles. The summed E-state index contributed by atoms with van der Waals surface area (Å²) in [6, 6.07) is 0.163. The van der Waals surface area contributed by atoms with E-state index in [0.717, 1.165) is 51.6 Å². The first kappa shape index (κ1) is 13.3.